The summed E-state index contributed by atoms with van der Waals surface area (Å²) in [5.41, 5.74) is 2.96. The summed E-state index contributed by atoms with van der Waals surface area (Å²) in [6, 6.07) is 24.8. The van der Waals surface area contributed by atoms with Crippen LogP contribution in [0.2, 0.25) is 0 Å². The second-order valence-corrected chi connectivity index (χ2v) is 14.5. The molecule has 9 heteroatoms. The molecule has 4 aliphatic rings. The lowest BCUT2D eigenvalue weighted by molar-refractivity contribution is -0.0493. The predicted octanol–water partition coefficient (Wildman–Crippen LogP) is 6.28. The number of aromatic nitrogens is 3. The minimum atomic E-state index is -4.08. The Hall–Kier alpha value is -3.69. The Kier molecular flexibility index (Phi) is 7.26. The molecule has 8 nitrogen and oxygen atoms in total. The van der Waals surface area contributed by atoms with Crippen molar-refractivity contribution >= 4 is 10.0 Å². The highest BCUT2D eigenvalue weighted by atomic mass is 32.2. The van der Waals surface area contributed by atoms with Gasteiger partial charge in [-0.3, -0.25) is 0 Å². The quantitative estimate of drug-likeness (QED) is 0.214. The highest BCUT2D eigenvalue weighted by Crippen LogP contribution is 2.59. The van der Waals surface area contributed by atoms with E-state index in [1.54, 1.807) is 14.2 Å². The standard InChI is InChI=1S/C34H38N4O4S/c1-41-30-12-8-24(9-13-30)22-37(23-25-10-14-31(42-2)15-11-25)43(39,40)33-32(29-6-4-3-5-7-29)38(36-35-33)34-19-26-16-27(20-34)18-28(17-26)21-34/h3-15,26-28H,16-23H2,1-2H3. The number of nitrogens with zero attached hydrogens (tertiary/aromatic N) is 4. The molecule has 0 radical (unpaired) electrons. The van der Waals surface area contributed by atoms with Gasteiger partial charge in [-0.05, 0) is 91.7 Å². The van der Waals surface area contributed by atoms with Crippen LogP contribution in [0, 0.1) is 17.8 Å². The molecule has 0 spiro atoms. The first-order valence-electron chi connectivity index (χ1n) is 15.1. The normalized spacial score (nSPS) is 24.4. The maximum absolute atomic E-state index is 14.8. The Morgan fingerprint density at radius 3 is 1.72 bits per heavy atom. The Labute approximate surface area is 253 Å². The van der Waals surface area contributed by atoms with Gasteiger partial charge >= 0.3 is 0 Å². The van der Waals surface area contributed by atoms with Crippen molar-refractivity contribution in [3.05, 3.63) is 90.0 Å². The zero-order chi connectivity index (χ0) is 29.6. The van der Waals surface area contributed by atoms with E-state index in [0.717, 1.165) is 47.5 Å². The lowest BCUT2D eigenvalue weighted by atomic mass is 9.53. The molecule has 8 rings (SSSR count). The molecule has 0 N–H and O–H groups in total. The number of hydrogen-bond acceptors (Lipinski definition) is 6. The number of benzene rings is 3. The maximum Gasteiger partial charge on any atom is 0.265 e. The molecule has 43 heavy (non-hydrogen) atoms. The second-order valence-electron chi connectivity index (χ2n) is 12.6. The fourth-order valence-electron chi connectivity index (χ4n) is 8.16. The van der Waals surface area contributed by atoms with Crippen molar-refractivity contribution in [2.75, 3.05) is 14.2 Å². The van der Waals surface area contributed by atoms with E-state index in [0.29, 0.717) is 23.4 Å². The summed E-state index contributed by atoms with van der Waals surface area (Å²) in [6.07, 6.45) is 7.00. The number of sulfonamides is 1. The monoisotopic (exact) mass is 598 g/mol. The van der Waals surface area contributed by atoms with E-state index < -0.39 is 10.0 Å². The lowest BCUT2D eigenvalue weighted by Crippen LogP contribution is -2.52. The number of ether oxygens (including phenoxy) is 2. The minimum Gasteiger partial charge on any atom is -0.497 e. The number of methoxy groups -OCH3 is 2. The summed E-state index contributed by atoms with van der Waals surface area (Å²) in [5, 5.41) is 9.27. The van der Waals surface area contributed by atoms with Crippen LogP contribution in [0.5, 0.6) is 11.5 Å². The molecule has 3 aromatic carbocycles. The molecule has 4 fully saturated rings. The predicted molar refractivity (Wildman–Crippen MR) is 164 cm³/mol. The largest absolute Gasteiger partial charge is 0.497 e. The lowest BCUT2D eigenvalue weighted by Gasteiger charge is -2.56. The van der Waals surface area contributed by atoms with Gasteiger partial charge in [0, 0.05) is 18.7 Å². The molecule has 1 aromatic heterocycles. The first-order chi connectivity index (χ1) is 20.9. The van der Waals surface area contributed by atoms with Crippen LogP contribution in [-0.4, -0.2) is 41.9 Å². The highest BCUT2D eigenvalue weighted by Gasteiger charge is 2.54. The third kappa shape index (κ3) is 5.23. The summed E-state index contributed by atoms with van der Waals surface area (Å²) in [7, 11) is -0.844. The molecule has 4 saturated carbocycles. The maximum atomic E-state index is 14.8. The van der Waals surface area contributed by atoms with Crippen LogP contribution in [0.15, 0.2) is 83.9 Å². The van der Waals surface area contributed by atoms with Crippen molar-refractivity contribution < 1.29 is 17.9 Å². The fraction of sp³-hybridized carbons (Fsp3) is 0.412. The van der Waals surface area contributed by atoms with Gasteiger partial charge in [-0.15, -0.1) is 5.10 Å². The summed E-state index contributed by atoms with van der Waals surface area (Å²) in [4.78, 5) is 0. The first-order valence-corrected chi connectivity index (χ1v) is 16.6. The van der Waals surface area contributed by atoms with Gasteiger partial charge in [-0.2, -0.15) is 4.31 Å². The minimum absolute atomic E-state index is 0.0245. The molecule has 1 heterocycles. The average Bonchev–Trinajstić information content (AvgIpc) is 3.49. The third-order valence-electron chi connectivity index (χ3n) is 9.76. The van der Waals surface area contributed by atoms with Crippen molar-refractivity contribution in [2.45, 2.75) is 62.2 Å². The zero-order valence-electron chi connectivity index (χ0n) is 24.7. The summed E-state index contributed by atoms with van der Waals surface area (Å²) in [5.74, 6) is 3.48. The molecule has 224 valence electrons. The topological polar surface area (TPSA) is 86.6 Å². The molecule has 4 aliphatic carbocycles. The third-order valence-corrected chi connectivity index (χ3v) is 11.5. The molecule has 4 bridgehead atoms. The number of hydrogen-bond donors (Lipinski definition) is 0. The fourth-order valence-corrected chi connectivity index (χ4v) is 9.63. The van der Waals surface area contributed by atoms with Crippen molar-refractivity contribution in [1.29, 1.82) is 0 Å². The van der Waals surface area contributed by atoms with Crippen molar-refractivity contribution in [3.63, 3.8) is 0 Å². The van der Waals surface area contributed by atoms with Gasteiger partial charge in [0.25, 0.3) is 10.0 Å². The van der Waals surface area contributed by atoms with Crippen LogP contribution in [0.1, 0.15) is 49.7 Å². The van der Waals surface area contributed by atoms with Gasteiger partial charge in [0.1, 0.15) is 17.2 Å². The van der Waals surface area contributed by atoms with Crippen molar-refractivity contribution in [3.8, 4) is 22.8 Å². The van der Waals surface area contributed by atoms with E-state index in [9.17, 15) is 8.42 Å². The van der Waals surface area contributed by atoms with Crippen LogP contribution >= 0.6 is 0 Å². The van der Waals surface area contributed by atoms with Crippen molar-refractivity contribution in [2.24, 2.45) is 17.8 Å². The van der Waals surface area contributed by atoms with Crippen LogP contribution in [-0.2, 0) is 28.7 Å². The smallest absolute Gasteiger partial charge is 0.265 e. The van der Waals surface area contributed by atoms with Gasteiger partial charge in [-0.25, -0.2) is 13.1 Å². The molecular weight excluding hydrogens is 560 g/mol. The molecule has 0 saturated heterocycles. The number of rotatable bonds is 10. The summed E-state index contributed by atoms with van der Waals surface area (Å²) in [6.45, 7) is 0.355. The average molecular weight is 599 g/mol. The van der Waals surface area contributed by atoms with Gasteiger partial charge in [-0.1, -0.05) is 59.8 Å². The van der Waals surface area contributed by atoms with Crippen LogP contribution in [0.3, 0.4) is 0 Å². The van der Waals surface area contributed by atoms with E-state index in [4.69, 9.17) is 14.7 Å². The molecule has 4 aromatic rings. The summed E-state index contributed by atoms with van der Waals surface area (Å²) >= 11 is 0. The van der Waals surface area contributed by atoms with E-state index in [-0.39, 0.29) is 23.7 Å². The molecule has 0 amide bonds. The molecule has 0 atom stereocenters. The van der Waals surface area contributed by atoms with Crippen LogP contribution in [0.25, 0.3) is 11.3 Å². The first kappa shape index (κ1) is 28.1. The van der Waals surface area contributed by atoms with Crippen LogP contribution < -0.4 is 9.47 Å². The van der Waals surface area contributed by atoms with Gasteiger partial charge < -0.3 is 9.47 Å². The zero-order valence-corrected chi connectivity index (χ0v) is 25.5. The van der Waals surface area contributed by atoms with Gasteiger partial charge in [0.05, 0.1) is 19.8 Å². The van der Waals surface area contributed by atoms with E-state index >= 15 is 0 Å². The van der Waals surface area contributed by atoms with E-state index in [1.807, 2.05) is 83.5 Å². The Morgan fingerprint density at radius 2 is 1.26 bits per heavy atom. The Bertz CT molecular complexity index is 1600. The Balaban J connectivity index is 1.33. The van der Waals surface area contributed by atoms with Gasteiger partial charge in [0.2, 0.25) is 5.03 Å². The van der Waals surface area contributed by atoms with Gasteiger partial charge in [0.15, 0.2) is 0 Å². The molecular formula is C34H38N4O4S. The van der Waals surface area contributed by atoms with E-state index in [1.165, 1.54) is 23.6 Å². The molecule has 0 unspecified atom stereocenters. The SMILES string of the molecule is COc1ccc(CN(Cc2ccc(OC)cc2)S(=O)(=O)c2nnn(C34CC5CC(CC(C5)C3)C4)c2-c2ccccc2)cc1. The Morgan fingerprint density at radius 1 is 0.767 bits per heavy atom. The summed E-state index contributed by atoms with van der Waals surface area (Å²) < 4.78 is 43.8. The highest BCUT2D eigenvalue weighted by molar-refractivity contribution is 7.89. The van der Waals surface area contributed by atoms with Crippen molar-refractivity contribution in [1.82, 2.24) is 19.3 Å². The second kappa shape index (κ2) is 11.1. The van der Waals surface area contributed by atoms with E-state index in [2.05, 4.69) is 5.10 Å². The molecule has 0 aliphatic heterocycles. The van der Waals surface area contributed by atoms with Crippen LogP contribution in [0.4, 0.5) is 0 Å².